The largest absolute Gasteiger partial charge is 0.489 e. The minimum absolute atomic E-state index is 0.129. The predicted molar refractivity (Wildman–Crippen MR) is 59.5 cm³/mol. The molecule has 1 unspecified atom stereocenters. The van der Waals surface area contributed by atoms with Crippen LogP contribution in [0, 0.1) is 17.1 Å². The first-order valence-corrected chi connectivity index (χ1v) is 5.10. The van der Waals surface area contributed by atoms with E-state index in [1.165, 1.54) is 12.1 Å². The summed E-state index contributed by atoms with van der Waals surface area (Å²) in [6.45, 7) is 4.03. The summed E-state index contributed by atoms with van der Waals surface area (Å²) in [5.41, 5.74) is 5.67. The summed E-state index contributed by atoms with van der Waals surface area (Å²) in [5.74, 6) is -0.407. The number of halogens is 1. The zero-order valence-corrected chi connectivity index (χ0v) is 9.46. The molecule has 2 N–H and O–H groups in total. The van der Waals surface area contributed by atoms with E-state index >= 15 is 0 Å². The Labute approximate surface area is 94.6 Å². The van der Waals surface area contributed by atoms with E-state index < -0.39 is 11.4 Å². The van der Waals surface area contributed by atoms with Gasteiger partial charge >= 0.3 is 0 Å². The van der Waals surface area contributed by atoms with Gasteiger partial charge in [0.1, 0.15) is 6.61 Å². The first kappa shape index (κ1) is 12.5. The van der Waals surface area contributed by atoms with Crippen molar-refractivity contribution in [2.45, 2.75) is 25.8 Å². The van der Waals surface area contributed by atoms with Gasteiger partial charge in [0.05, 0.1) is 11.6 Å². The second kappa shape index (κ2) is 4.95. The predicted octanol–water partition coefficient (Wildman–Crippen LogP) is 2.20. The van der Waals surface area contributed by atoms with E-state index in [4.69, 9.17) is 15.7 Å². The van der Waals surface area contributed by atoms with Crippen molar-refractivity contribution in [2.24, 2.45) is 5.73 Å². The average Bonchev–Trinajstić information content (AvgIpc) is 2.27. The number of rotatable bonds is 4. The molecule has 0 aliphatic rings. The Morgan fingerprint density at radius 1 is 1.56 bits per heavy atom. The molecule has 1 rings (SSSR count). The Kier molecular flexibility index (Phi) is 3.86. The van der Waals surface area contributed by atoms with Gasteiger partial charge in [-0.3, -0.25) is 0 Å². The van der Waals surface area contributed by atoms with E-state index in [-0.39, 0.29) is 17.9 Å². The van der Waals surface area contributed by atoms with Gasteiger partial charge < -0.3 is 10.5 Å². The fourth-order valence-corrected chi connectivity index (χ4v) is 1.03. The van der Waals surface area contributed by atoms with Gasteiger partial charge in [-0.05, 0) is 31.5 Å². The van der Waals surface area contributed by atoms with Crippen molar-refractivity contribution >= 4 is 0 Å². The van der Waals surface area contributed by atoms with Crippen LogP contribution in [0.1, 0.15) is 25.8 Å². The molecule has 0 heterocycles. The summed E-state index contributed by atoms with van der Waals surface area (Å²) < 4.78 is 18.7. The lowest BCUT2D eigenvalue weighted by molar-refractivity contribution is 0.218. The third-order valence-corrected chi connectivity index (χ3v) is 2.43. The van der Waals surface area contributed by atoms with E-state index in [1.807, 2.05) is 19.9 Å². The molecule has 0 aromatic heterocycles. The van der Waals surface area contributed by atoms with Crippen molar-refractivity contribution in [3.63, 3.8) is 0 Å². The Morgan fingerprint density at radius 2 is 2.25 bits per heavy atom. The second-order valence-corrected chi connectivity index (χ2v) is 4.05. The van der Waals surface area contributed by atoms with Crippen LogP contribution in [0.25, 0.3) is 0 Å². The molecule has 0 saturated carbocycles. The molecule has 86 valence electrons. The maximum Gasteiger partial charge on any atom is 0.166 e. The van der Waals surface area contributed by atoms with Gasteiger partial charge in [-0.15, -0.1) is 0 Å². The van der Waals surface area contributed by atoms with Crippen LogP contribution in [0.15, 0.2) is 18.2 Å². The van der Waals surface area contributed by atoms with Gasteiger partial charge in [0.25, 0.3) is 0 Å². The van der Waals surface area contributed by atoms with Gasteiger partial charge in [-0.1, -0.05) is 6.92 Å². The Bertz CT molecular complexity index is 410. The molecule has 1 atom stereocenters. The fraction of sp³-hybridized carbons (Fsp3) is 0.417. The Hall–Kier alpha value is -1.60. The number of benzene rings is 1. The summed E-state index contributed by atoms with van der Waals surface area (Å²) >= 11 is 0. The van der Waals surface area contributed by atoms with E-state index in [0.717, 1.165) is 12.5 Å². The second-order valence-electron chi connectivity index (χ2n) is 4.05. The summed E-state index contributed by atoms with van der Waals surface area (Å²) in [4.78, 5) is 0. The van der Waals surface area contributed by atoms with Crippen molar-refractivity contribution in [1.82, 2.24) is 0 Å². The van der Waals surface area contributed by atoms with Crippen LogP contribution in [-0.4, -0.2) is 12.1 Å². The van der Waals surface area contributed by atoms with E-state index in [9.17, 15) is 4.39 Å². The van der Waals surface area contributed by atoms with Gasteiger partial charge in [-0.2, -0.15) is 5.26 Å². The first-order valence-electron chi connectivity index (χ1n) is 5.10. The zero-order valence-electron chi connectivity index (χ0n) is 9.46. The molecule has 0 aliphatic carbocycles. The molecule has 0 bridgehead atoms. The lowest BCUT2D eigenvalue weighted by Crippen LogP contribution is -2.41. The Balaban J connectivity index is 2.73. The SMILES string of the molecule is CCC(C)(N)COc1ccc(C#N)cc1F. The molecule has 0 fully saturated rings. The molecule has 0 spiro atoms. The maximum atomic E-state index is 13.4. The molecule has 3 nitrogen and oxygen atoms in total. The topological polar surface area (TPSA) is 59.0 Å². The van der Waals surface area contributed by atoms with E-state index in [2.05, 4.69) is 0 Å². The standard InChI is InChI=1S/C12H15FN2O/c1-3-12(2,15)8-16-11-5-4-9(7-14)6-10(11)13/h4-6H,3,8,15H2,1-2H3. The highest BCUT2D eigenvalue weighted by Crippen LogP contribution is 2.19. The molecular weight excluding hydrogens is 207 g/mol. The van der Waals surface area contributed by atoms with Crippen molar-refractivity contribution in [2.75, 3.05) is 6.61 Å². The minimum atomic E-state index is -0.536. The van der Waals surface area contributed by atoms with Crippen LogP contribution >= 0.6 is 0 Å². The monoisotopic (exact) mass is 222 g/mol. The third-order valence-electron chi connectivity index (χ3n) is 2.43. The van der Waals surface area contributed by atoms with Crippen LogP contribution in [0.3, 0.4) is 0 Å². The highest BCUT2D eigenvalue weighted by atomic mass is 19.1. The summed E-state index contributed by atoms with van der Waals surface area (Å²) in [6.07, 6.45) is 0.741. The molecule has 0 saturated heterocycles. The molecule has 16 heavy (non-hydrogen) atoms. The van der Waals surface area contributed by atoms with Gasteiger partial charge in [0, 0.05) is 5.54 Å². The van der Waals surface area contributed by atoms with Crippen molar-refractivity contribution < 1.29 is 9.13 Å². The Morgan fingerprint density at radius 3 is 2.75 bits per heavy atom. The summed E-state index contributed by atoms with van der Waals surface area (Å²) in [5, 5.41) is 8.57. The van der Waals surface area contributed by atoms with Crippen molar-refractivity contribution in [3.8, 4) is 11.8 Å². The molecule has 0 amide bonds. The smallest absolute Gasteiger partial charge is 0.166 e. The third kappa shape index (κ3) is 3.21. The van der Waals surface area contributed by atoms with Crippen LogP contribution < -0.4 is 10.5 Å². The molecule has 0 radical (unpaired) electrons. The molecular formula is C12H15FN2O. The zero-order chi connectivity index (χ0) is 12.2. The van der Waals surface area contributed by atoms with Crippen LogP contribution in [0.5, 0.6) is 5.75 Å². The number of hydrogen-bond donors (Lipinski definition) is 1. The average molecular weight is 222 g/mol. The number of hydrogen-bond acceptors (Lipinski definition) is 3. The molecule has 0 aliphatic heterocycles. The molecule has 1 aromatic rings. The summed E-state index contributed by atoms with van der Waals surface area (Å²) in [7, 11) is 0. The normalized spacial score (nSPS) is 13.9. The number of nitrogens with two attached hydrogens (primary N) is 1. The minimum Gasteiger partial charge on any atom is -0.489 e. The number of nitrogens with zero attached hydrogens (tertiary/aromatic N) is 1. The quantitative estimate of drug-likeness (QED) is 0.849. The van der Waals surface area contributed by atoms with Gasteiger partial charge in [0.15, 0.2) is 11.6 Å². The van der Waals surface area contributed by atoms with Crippen LogP contribution in [0.4, 0.5) is 4.39 Å². The lowest BCUT2D eigenvalue weighted by atomic mass is 10.0. The highest BCUT2D eigenvalue weighted by molar-refractivity contribution is 5.36. The van der Waals surface area contributed by atoms with Crippen LogP contribution in [0.2, 0.25) is 0 Å². The van der Waals surface area contributed by atoms with Crippen molar-refractivity contribution in [3.05, 3.63) is 29.6 Å². The van der Waals surface area contributed by atoms with Gasteiger partial charge in [-0.25, -0.2) is 4.39 Å². The molecule has 4 heteroatoms. The fourth-order valence-electron chi connectivity index (χ4n) is 1.03. The van der Waals surface area contributed by atoms with Crippen LogP contribution in [-0.2, 0) is 0 Å². The van der Waals surface area contributed by atoms with E-state index in [1.54, 1.807) is 0 Å². The highest BCUT2D eigenvalue weighted by Gasteiger charge is 2.17. The van der Waals surface area contributed by atoms with Gasteiger partial charge in [0.2, 0.25) is 0 Å². The number of nitriles is 1. The number of ether oxygens (including phenoxy) is 1. The molecule has 1 aromatic carbocycles. The van der Waals surface area contributed by atoms with E-state index in [0.29, 0.717) is 0 Å². The summed E-state index contributed by atoms with van der Waals surface area (Å²) in [6, 6.07) is 5.96. The lowest BCUT2D eigenvalue weighted by Gasteiger charge is -2.22. The first-order chi connectivity index (χ1) is 7.48. The van der Waals surface area contributed by atoms with Crippen molar-refractivity contribution in [1.29, 1.82) is 5.26 Å². The maximum absolute atomic E-state index is 13.4.